The molecule has 0 radical (unpaired) electrons. The van der Waals surface area contributed by atoms with Crippen LogP contribution in [0.25, 0.3) is 0 Å². The van der Waals surface area contributed by atoms with Crippen molar-refractivity contribution in [2.24, 2.45) is 5.73 Å². The summed E-state index contributed by atoms with van der Waals surface area (Å²) in [5.74, 6) is 1.58. The molecule has 1 heterocycles. The van der Waals surface area contributed by atoms with Crippen molar-refractivity contribution in [1.82, 2.24) is 10.1 Å². The van der Waals surface area contributed by atoms with E-state index >= 15 is 0 Å². The summed E-state index contributed by atoms with van der Waals surface area (Å²) in [6.07, 6.45) is 0. The van der Waals surface area contributed by atoms with E-state index in [1.54, 1.807) is 19.1 Å². The zero-order valence-electron chi connectivity index (χ0n) is 10.2. The van der Waals surface area contributed by atoms with E-state index in [4.69, 9.17) is 26.6 Å². The van der Waals surface area contributed by atoms with Gasteiger partial charge in [0.1, 0.15) is 5.75 Å². The van der Waals surface area contributed by atoms with Crippen LogP contribution in [0.1, 0.15) is 30.2 Å². The number of nitrogens with two attached hydrogens (primary N) is 1. The lowest BCUT2D eigenvalue weighted by Gasteiger charge is -2.05. The van der Waals surface area contributed by atoms with Crippen molar-refractivity contribution in [2.75, 3.05) is 0 Å². The molecule has 1 aromatic carbocycles. The van der Waals surface area contributed by atoms with Crippen LogP contribution in [-0.4, -0.2) is 10.1 Å². The number of rotatable bonds is 4. The van der Waals surface area contributed by atoms with Crippen LogP contribution in [-0.2, 0) is 6.61 Å². The molecule has 0 saturated heterocycles. The Kier molecular flexibility index (Phi) is 3.84. The average molecular weight is 268 g/mol. The fourth-order valence-corrected chi connectivity index (χ4v) is 1.48. The maximum absolute atomic E-state index is 5.93. The Labute approximate surface area is 110 Å². The van der Waals surface area contributed by atoms with E-state index in [0.717, 1.165) is 5.56 Å². The molecule has 2 N–H and O–H groups in total. The molecule has 2 rings (SSSR count). The highest BCUT2D eigenvalue weighted by molar-refractivity contribution is 6.31. The molecule has 0 aliphatic carbocycles. The van der Waals surface area contributed by atoms with Gasteiger partial charge in [0, 0.05) is 5.02 Å². The summed E-state index contributed by atoms with van der Waals surface area (Å²) >= 11 is 5.93. The van der Waals surface area contributed by atoms with Gasteiger partial charge >= 0.3 is 0 Å². The monoisotopic (exact) mass is 267 g/mol. The molecule has 0 fully saturated rings. The molecule has 0 bridgehead atoms. The highest BCUT2D eigenvalue weighted by Crippen LogP contribution is 2.21. The van der Waals surface area contributed by atoms with Crippen LogP contribution in [0.3, 0.4) is 0 Å². The van der Waals surface area contributed by atoms with Crippen LogP contribution < -0.4 is 10.5 Å². The van der Waals surface area contributed by atoms with Gasteiger partial charge in [-0.05, 0) is 37.6 Å². The minimum Gasteiger partial charge on any atom is -0.485 e. The molecule has 2 aromatic rings. The molecule has 0 aliphatic rings. The highest BCUT2D eigenvalue weighted by atomic mass is 35.5. The molecule has 0 spiro atoms. The quantitative estimate of drug-likeness (QED) is 0.922. The van der Waals surface area contributed by atoms with Crippen LogP contribution in [0, 0.1) is 6.92 Å². The van der Waals surface area contributed by atoms with Crippen molar-refractivity contribution < 1.29 is 9.26 Å². The van der Waals surface area contributed by atoms with Gasteiger partial charge in [-0.25, -0.2) is 0 Å². The predicted molar refractivity (Wildman–Crippen MR) is 67.4 cm³/mol. The molecule has 1 unspecified atom stereocenters. The van der Waals surface area contributed by atoms with Crippen molar-refractivity contribution in [3.63, 3.8) is 0 Å². The largest absolute Gasteiger partial charge is 0.485 e. The van der Waals surface area contributed by atoms with E-state index < -0.39 is 0 Å². The topological polar surface area (TPSA) is 74.2 Å². The van der Waals surface area contributed by atoms with E-state index in [0.29, 0.717) is 22.5 Å². The van der Waals surface area contributed by atoms with Gasteiger partial charge in [-0.2, -0.15) is 4.98 Å². The Morgan fingerprint density at radius 1 is 1.50 bits per heavy atom. The normalized spacial score (nSPS) is 12.4. The second kappa shape index (κ2) is 5.37. The number of benzene rings is 1. The SMILES string of the molecule is Cc1cc(OCc2noc(C(C)N)n2)ccc1Cl. The van der Waals surface area contributed by atoms with Crippen LogP contribution in [0.2, 0.25) is 5.02 Å². The van der Waals surface area contributed by atoms with Crippen molar-refractivity contribution in [3.05, 3.63) is 40.5 Å². The van der Waals surface area contributed by atoms with Crippen LogP contribution in [0.5, 0.6) is 5.75 Å². The Morgan fingerprint density at radius 3 is 2.89 bits per heavy atom. The number of nitrogens with zero attached hydrogens (tertiary/aromatic N) is 2. The minimum atomic E-state index is -0.274. The summed E-state index contributed by atoms with van der Waals surface area (Å²) in [5.41, 5.74) is 6.58. The van der Waals surface area contributed by atoms with Crippen molar-refractivity contribution in [1.29, 1.82) is 0 Å². The first-order chi connectivity index (χ1) is 8.56. The third-order valence-electron chi connectivity index (χ3n) is 2.37. The zero-order chi connectivity index (χ0) is 13.1. The maximum atomic E-state index is 5.93. The molecule has 6 heteroatoms. The lowest BCUT2D eigenvalue weighted by molar-refractivity contribution is 0.284. The summed E-state index contributed by atoms with van der Waals surface area (Å²) in [6.45, 7) is 3.93. The summed E-state index contributed by atoms with van der Waals surface area (Å²) in [6, 6.07) is 5.16. The van der Waals surface area contributed by atoms with Gasteiger partial charge in [0.15, 0.2) is 6.61 Å². The standard InChI is InChI=1S/C12H14ClN3O2/c1-7-5-9(3-4-10(7)13)17-6-11-15-12(8(2)14)18-16-11/h3-5,8H,6,14H2,1-2H3. The molecule has 96 valence electrons. The van der Waals surface area contributed by atoms with Gasteiger partial charge in [0.05, 0.1) is 6.04 Å². The van der Waals surface area contributed by atoms with E-state index in [-0.39, 0.29) is 12.6 Å². The van der Waals surface area contributed by atoms with Crippen LogP contribution in [0.4, 0.5) is 0 Å². The first-order valence-corrected chi connectivity index (χ1v) is 5.91. The molecule has 0 aliphatic heterocycles. The Balaban J connectivity index is 2.00. The summed E-state index contributed by atoms with van der Waals surface area (Å²) in [5, 5.41) is 4.48. The van der Waals surface area contributed by atoms with Gasteiger partial charge in [-0.1, -0.05) is 16.8 Å². The Morgan fingerprint density at radius 2 is 2.28 bits per heavy atom. The lowest BCUT2D eigenvalue weighted by atomic mass is 10.2. The maximum Gasteiger partial charge on any atom is 0.243 e. The number of hydrogen-bond acceptors (Lipinski definition) is 5. The third kappa shape index (κ3) is 3.00. The molecule has 5 nitrogen and oxygen atoms in total. The second-order valence-electron chi connectivity index (χ2n) is 4.04. The summed E-state index contributed by atoms with van der Waals surface area (Å²) < 4.78 is 10.5. The average Bonchev–Trinajstić information content (AvgIpc) is 2.79. The first-order valence-electron chi connectivity index (χ1n) is 5.53. The fraction of sp³-hybridized carbons (Fsp3) is 0.333. The van der Waals surface area contributed by atoms with E-state index in [9.17, 15) is 0 Å². The summed E-state index contributed by atoms with van der Waals surface area (Å²) in [7, 11) is 0. The van der Waals surface area contributed by atoms with E-state index in [2.05, 4.69) is 10.1 Å². The lowest BCUT2D eigenvalue weighted by Crippen LogP contribution is -2.05. The number of ether oxygens (including phenoxy) is 1. The van der Waals surface area contributed by atoms with E-state index in [1.165, 1.54) is 0 Å². The number of aromatic nitrogens is 2. The molecule has 0 saturated carbocycles. The van der Waals surface area contributed by atoms with Crippen LogP contribution in [0.15, 0.2) is 22.7 Å². The smallest absolute Gasteiger partial charge is 0.243 e. The van der Waals surface area contributed by atoms with Crippen molar-refractivity contribution in [3.8, 4) is 5.75 Å². The second-order valence-corrected chi connectivity index (χ2v) is 4.44. The van der Waals surface area contributed by atoms with Gasteiger partial charge in [-0.15, -0.1) is 0 Å². The minimum absolute atomic E-state index is 0.233. The van der Waals surface area contributed by atoms with Gasteiger partial charge < -0.3 is 15.0 Å². The molecule has 1 aromatic heterocycles. The zero-order valence-corrected chi connectivity index (χ0v) is 10.9. The Hall–Kier alpha value is -1.59. The predicted octanol–water partition coefficient (Wildman–Crippen LogP) is 2.63. The molecular weight excluding hydrogens is 254 g/mol. The van der Waals surface area contributed by atoms with Gasteiger partial charge in [-0.3, -0.25) is 0 Å². The number of aryl methyl sites for hydroxylation is 1. The first kappa shape index (κ1) is 12.9. The number of hydrogen-bond donors (Lipinski definition) is 1. The van der Waals surface area contributed by atoms with Crippen LogP contribution >= 0.6 is 11.6 Å². The third-order valence-corrected chi connectivity index (χ3v) is 2.79. The molecular formula is C12H14ClN3O2. The molecule has 18 heavy (non-hydrogen) atoms. The van der Waals surface area contributed by atoms with E-state index in [1.807, 2.05) is 13.0 Å². The van der Waals surface area contributed by atoms with Gasteiger partial charge in [0.25, 0.3) is 0 Å². The number of halogens is 1. The molecule has 1 atom stereocenters. The summed E-state index contributed by atoms with van der Waals surface area (Å²) in [4.78, 5) is 4.11. The molecule has 0 amide bonds. The van der Waals surface area contributed by atoms with Crippen molar-refractivity contribution in [2.45, 2.75) is 26.5 Å². The highest BCUT2D eigenvalue weighted by Gasteiger charge is 2.10. The van der Waals surface area contributed by atoms with Crippen molar-refractivity contribution >= 4 is 11.6 Å². The fourth-order valence-electron chi connectivity index (χ4n) is 1.37. The van der Waals surface area contributed by atoms with Gasteiger partial charge in [0.2, 0.25) is 11.7 Å². The Bertz CT molecular complexity index is 540.